The Hall–Kier alpha value is -3.74. The summed E-state index contributed by atoms with van der Waals surface area (Å²) in [4.78, 5) is 30.9. The number of nitrogens with zero attached hydrogens (tertiary/aromatic N) is 3. The molecule has 0 saturated carbocycles. The number of pyridine rings is 2. The second-order valence-corrected chi connectivity index (χ2v) is 7.87. The molecule has 0 spiro atoms. The Morgan fingerprint density at radius 1 is 1.06 bits per heavy atom. The van der Waals surface area contributed by atoms with Crippen LogP contribution in [0.25, 0.3) is 16.7 Å². The summed E-state index contributed by atoms with van der Waals surface area (Å²) in [5.74, 6) is -0.374. The van der Waals surface area contributed by atoms with Gasteiger partial charge in [0.15, 0.2) is 0 Å². The molecule has 3 heterocycles. The highest BCUT2D eigenvalue weighted by molar-refractivity contribution is 5.96. The number of hydrogen-bond acceptors (Lipinski definition) is 4. The summed E-state index contributed by atoms with van der Waals surface area (Å²) in [7, 11) is 0. The van der Waals surface area contributed by atoms with Crippen molar-refractivity contribution in [2.75, 3.05) is 0 Å². The third kappa shape index (κ3) is 4.32. The summed E-state index contributed by atoms with van der Waals surface area (Å²) >= 11 is 0. The monoisotopic (exact) mass is 429 g/mol. The van der Waals surface area contributed by atoms with Gasteiger partial charge in [0.05, 0.1) is 10.9 Å². The number of aromatic nitrogens is 3. The molecule has 7 nitrogen and oxygen atoms in total. The minimum atomic E-state index is -0.374. The maximum absolute atomic E-state index is 13.2. The Kier molecular flexibility index (Phi) is 6.44. The first kappa shape index (κ1) is 21.5. The number of benzene rings is 1. The van der Waals surface area contributed by atoms with Crippen LogP contribution in [0.4, 0.5) is 0 Å². The van der Waals surface area contributed by atoms with Crippen LogP contribution in [-0.4, -0.2) is 19.9 Å². The smallest absolute Gasteiger partial charge is 0.267 e. The van der Waals surface area contributed by atoms with Gasteiger partial charge in [-0.25, -0.2) is 4.98 Å². The second-order valence-electron chi connectivity index (χ2n) is 7.87. The molecule has 0 aliphatic carbocycles. The third-order valence-corrected chi connectivity index (χ3v) is 5.59. The molecule has 1 amide bonds. The molecule has 2 N–H and O–H groups in total. The van der Waals surface area contributed by atoms with Crippen molar-refractivity contribution in [2.45, 2.75) is 45.7 Å². The predicted octanol–water partition coefficient (Wildman–Crippen LogP) is 3.64. The number of carbonyl (C=O) groups excluding carboxylic acids is 1. The Morgan fingerprint density at radius 2 is 1.84 bits per heavy atom. The van der Waals surface area contributed by atoms with Crippen LogP contribution in [0, 0.1) is 5.41 Å². The number of hydrogen-bond donors (Lipinski definition) is 2. The van der Waals surface area contributed by atoms with Crippen LogP contribution in [0.2, 0.25) is 0 Å². The van der Waals surface area contributed by atoms with E-state index in [9.17, 15) is 9.59 Å². The van der Waals surface area contributed by atoms with Crippen LogP contribution < -0.4 is 16.4 Å². The fourth-order valence-electron chi connectivity index (χ4n) is 3.85. The van der Waals surface area contributed by atoms with E-state index in [2.05, 4.69) is 17.2 Å². The lowest BCUT2D eigenvalue weighted by Crippen LogP contribution is -2.34. The maximum Gasteiger partial charge on any atom is 0.267 e. The van der Waals surface area contributed by atoms with Crippen LogP contribution in [0.1, 0.15) is 48.5 Å². The van der Waals surface area contributed by atoms with Crippen molar-refractivity contribution in [3.63, 3.8) is 0 Å². The van der Waals surface area contributed by atoms with E-state index in [0.717, 1.165) is 31.2 Å². The summed E-state index contributed by atoms with van der Waals surface area (Å²) in [5.41, 5.74) is 1.94. The zero-order chi connectivity index (χ0) is 22.5. The molecule has 0 unspecified atom stereocenters. The van der Waals surface area contributed by atoms with Crippen molar-refractivity contribution in [2.24, 2.45) is 0 Å². The number of rotatable bonds is 8. The number of fused-ring (bicyclic) bond motifs is 2. The number of unbranched alkanes of at least 4 members (excludes halogenated alkanes) is 3. The van der Waals surface area contributed by atoms with Gasteiger partial charge in [0, 0.05) is 19.3 Å². The molecule has 4 aromatic rings. The summed E-state index contributed by atoms with van der Waals surface area (Å²) in [6.45, 7) is 3.03. The topological polar surface area (TPSA) is 92.2 Å². The van der Waals surface area contributed by atoms with Gasteiger partial charge in [-0.3, -0.25) is 19.4 Å². The van der Waals surface area contributed by atoms with Gasteiger partial charge in [-0.15, -0.1) is 0 Å². The van der Waals surface area contributed by atoms with E-state index in [-0.39, 0.29) is 22.5 Å². The second kappa shape index (κ2) is 9.60. The van der Waals surface area contributed by atoms with Gasteiger partial charge in [0.1, 0.15) is 16.8 Å². The van der Waals surface area contributed by atoms with Crippen molar-refractivity contribution in [1.82, 2.24) is 19.3 Å². The normalized spacial score (nSPS) is 11.2. The first-order valence-corrected chi connectivity index (χ1v) is 11.0. The molecular formula is C25H27N5O2. The Bertz CT molecular complexity index is 1370. The van der Waals surface area contributed by atoms with E-state index >= 15 is 0 Å². The van der Waals surface area contributed by atoms with Crippen molar-refractivity contribution in [1.29, 1.82) is 5.41 Å². The standard InChI is InChI=1S/C25H27N5O2/c1-2-3-4-9-15-30-22(26)19(24(31)27-17-18-11-6-5-7-12-18)16-20-23(30)28-21-13-8-10-14-29(21)25(20)32/h5-8,10-14,16,26H,2-4,9,15,17H2,1H3,(H,27,31). The summed E-state index contributed by atoms with van der Waals surface area (Å²) < 4.78 is 3.18. The predicted molar refractivity (Wildman–Crippen MR) is 125 cm³/mol. The molecule has 164 valence electrons. The highest BCUT2D eigenvalue weighted by Crippen LogP contribution is 2.12. The number of amides is 1. The largest absolute Gasteiger partial charge is 0.348 e. The van der Waals surface area contributed by atoms with Gasteiger partial charge >= 0.3 is 0 Å². The molecule has 0 radical (unpaired) electrons. The molecule has 0 saturated heterocycles. The van der Waals surface area contributed by atoms with Crippen LogP contribution in [-0.2, 0) is 13.1 Å². The molecule has 3 aromatic heterocycles. The quantitative estimate of drug-likeness (QED) is 0.331. The highest BCUT2D eigenvalue weighted by Gasteiger charge is 2.17. The molecule has 1 aromatic carbocycles. The van der Waals surface area contributed by atoms with Crippen LogP contribution in [0.5, 0.6) is 0 Å². The van der Waals surface area contributed by atoms with Gasteiger partial charge in [-0.05, 0) is 30.2 Å². The number of aryl methyl sites for hydroxylation is 1. The zero-order valence-electron chi connectivity index (χ0n) is 18.2. The lowest BCUT2D eigenvalue weighted by molar-refractivity contribution is 0.0948. The molecule has 0 aliphatic heterocycles. The molecule has 0 fully saturated rings. The Labute approximate surface area is 185 Å². The van der Waals surface area contributed by atoms with Gasteiger partial charge in [0.2, 0.25) is 0 Å². The average molecular weight is 430 g/mol. The zero-order valence-corrected chi connectivity index (χ0v) is 18.2. The minimum Gasteiger partial charge on any atom is -0.348 e. The fourth-order valence-corrected chi connectivity index (χ4v) is 3.85. The summed E-state index contributed by atoms with van der Waals surface area (Å²) in [6, 6.07) is 16.5. The van der Waals surface area contributed by atoms with Gasteiger partial charge in [-0.1, -0.05) is 62.6 Å². The molecule has 0 atom stereocenters. The van der Waals surface area contributed by atoms with E-state index in [0.29, 0.717) is 29.8 Å². The minimum absolute atomic E-state index is 0.0757. The lowest BCUT2D eigenvalue weighted by atomic mass is 10.1. The van der Waals surface area contributed by atoms with Crippen LogP contribution in [0.15, 0.2) is 65.6 Å². The van der Waals surface area contributed by atoms with Crippen LogP contribution in [0.3, 0.4) is 0 Å². The molecular weight excluding hydrogens is 402 g/mol. The lowest BCUT2D eigenvalue weighted by Gasteiger charge is -2.15. The first-order chi connectivity index (χ1) is 15.6. The number of carbonyl (C=O) groups is 1. The van der Waals surface area contributed by atoms with E-state index in [4.69, 9.17) is 5.41 Å². The van der Waals surface area contributed by atoms with Crippen molar-refractivity contribution in [3.8, 4) is 0 Å². The molecule has 4 rings (SSSR count). The fraction of sp³-hybridized carbons (Fsp3) is 0.280. The molecule has 32 heavy (non-hydrogen) atoms. The molecule has 0 aliphatic rings. The van der Waals surface area contributed by atoms with Crippen molar-refractivity contribution in [3.05, 3.63) is 87.8 Å². The third-order valence-electron chi connectivity index (χ3n) is 5.59. The molecule has 0 bridgehead atoms. The maximum atomic E-state index is 13.2. The van der Waals surface area contributed by atoms with Crippen LogP contribution >= 0.6 is 0 Å². The summed E-state index contributed by atoms with van der Waals surface area (Å²) in [6.07, 6.45) is 5.73. The highest BCUT2D eigenvalue weighted by atomic mass is 16.1. The number of nitrogens with one attached hydrogen (secondary N) is 2. The van der Waals surface area contributed by atoms with E-state index in [1.165, 1.54) is 10.5 Å². The first-order valence-electron chi connectivity index (χ1n) is 11.0. The van der Waals surface area contributed by atoms with Gasteiger partial charge in [-0.2, -0.15) is 0 Å². The van der Waals surface area contributed by atoms with E-state index in [1.807, 2.05) is 36.4 Å². The van der Waals surface area contributed by atoms with Gasteiger partial charge in [0.25, 0.3) is 11.5 Å². The summed E-state index contributed by atoms with van der Waals surface area (Å²) in [5, 5.41) is 12.0. The van der Waals surface area contributed by atoms with Crippen molar-refractivity contribution >= 4 is 22.6 Å². The van der Waals surface area contributed by atoms with Crippen molar-refractivity contribution < 1.29 is 4.79 Å². The Morgan fingerprint density at radius 3 is 2.62 bits per heavy atom. The van der Waals surface area contributed by atoms with Gasteiger partial charge < -0.3 is 9.88 Å². The average Bonchev–Trinajstić information content (AvgIpc) is 2.82. The van der Waals surface area contributed by atoms with E-state index in [1.54, 1.807) is 22.9 Å². The van der Waals surface area contributed by atoms with E-state index < -0.39 is 0 Å². The Balaban J connectivity index is 1.79. The molecule has 7 heteroatoms. The SMILES string of the molecule is CCCCCCn1c(=N)c(C(=O)NCc2ccccc2)cc2c(=O)n3ccccc3nc21.